The number of carbonyl (C=O) groups excluding carboxylic acids is 3. The zero-order valence-corrected chi connectivity index (χ0v) is 14.5. The second kappa shape index (κ2) is 7.77. The van der Waals surface area contributed by atoms with Crippen LogP contribution in [0.3, 0.4) is 0 Å². The number of rotatable bonds is 5. The van der Waals surface area contributed by atoms with Crippen molar-refractivity contribution in [1.82, 2.24) is 10.3 Å². The fourth-order valence-electron chi connectivity index (χ4n) is 2.91. The van der Waals surface area contributed by atoms with E-state index in [0.29, 0.717) is 24.3 Å². The maximum atomic E-state index is 12.6. The highest BCUT2D eigenvalue weighted by Gasteiger charge is 2.25. The fourth-order valence-corrected chi connectivity index (χ4v) is 2.91. The Morgan fingerprint density at radius 2 is 2.08 bits per heavy atom. The van der Waals surface area contributed by atoms with Crippen LogP contribution in [-0.2, 0) is 16.0 Å². The van der Waals surface area contributed by atoms with E-state index in [1.807, 2.05) is 12.1 Å². The smallest absolute Gasteiger partial charge is 0.259 e. The highest BCUT2D eigenvalue weighted by Crippen LogP contribution is 2.31. The molecule has 0 fully saturated rings. The van der Waals surface area contributed by atoms with Gasteiger partial charge in [0.05, 0.1) is 5.56 Å². The van der Waals surface area contributed by atoms with E-state index in [1.165, 1.54) is 6.92 Å². The maximum Gasteiger partial charge on any atom is 0.259 e. The molecule has 3 amide bonds. The first-order valence-electron chi connectivity index (χ1n) is 8.43. The number of pyridine rings is 1. The van der Waals surface area contributed by atoms with Gasteiger partial charge in [-0.25, -0.2) is 0 Å². The Morgan fingerprint density at radius 1 is 1.23 bits per heavy atom. The SMILES string of the molecule is CC(=O)NCCC(=O)Nc1ccc2c(c1)CCN2C(=O)c1cccnc1. The predicted octanol–water partition coefficient (Wildman–Crippen LogP) is 1.75. The molecule has 1 aliphatic rings. The minimum absolute atomic E-state index is 0.0797. The number of anilines is 2. The van der Waals surface area contributed by atoms with Crippen LogP contribution in [-0.4, -0.2) is 35.8 Å². The van der Waals surface area contributed by atoms with Crippen molar-refractivity contribution in [3.8, 4) is 0 Å². The number of benzene rings is 1. The minimum Gasteiger partial charge on any atom is -0.356 e. The number of hydrogen-bond donors (Lipinski definition) is 2. The third-order valence-corrected chi connectivity index (χ3v) is 4.14. The summed E-state index contributed by atoms with van der Waals surface area (Å²) in [7, 11) is 0. The molecule has 7 nitrogen and oxygen atoms in total. The molecule has 0 spiro atoms. The van der Waals surface area contributed by atoms with Gasteiger partial charge >= 0.3 is 0 Å². The molecule has 2 N–H and O–H groups in total. The van der Waals surface area contributed by atoms with Gasteiger partial charge in [0, 0.05) is 50.2 Å². The van der Waals surface area contributed by atoms with Crippen molar-refractivity contribution < 1.29 is 14.4 Å². The molecule has 134 valence electrons. The Bertz CT molecular complexity index is 836. The monoisotopic (exact) mass is 352 g/mol. The van der Waals surface area contributed by atoms with E-state index in [9.17, 15) is 14.4 Å². The lowest BCUT2D eigenvalue weighted by Gasteiger charge is -2.17. The molecule has 0 unspecified atom stereocenters. The van der Waals surface area contributed by atoms with Crippen LogP contribution < -0.4 is 15.5 Å². The molecule has 7 heteroatoms. The van der Waals surface area contributed by atoms with Gasteiger partial charge in [-0.3, -0.25) is 19.4 Å². The van der Waals surface area contributed by atoms with E-state index in [4.69, 9.17) is 0 Å². The zero-order valence-electron chi connectivity index (χ0n) is 14.5. The second-order valence-corrected chi connectivity index (χ2v) is 6.07. The molecular formula is C19H20N4O3. The summed E-state index contributed by atoms with van der Waals surface area (Å²) < 4.78 is 0. The predicted molar refractivity (Wildman–Crippen MR) is 98.0 cm³/mol. The van der Waals surface area contributed by atoms with Crippen LogP contribution in [0.25, 0.3) is 0 Å². The van der Waals surface area contributed by atoms with Gasteiger partial charge in [0.15, 0.2) is 0 Å². The van der Waals surface area contributed by atoms with Gasteiger partial charge in [0.1, 0.15) is 0 Å². The summed E-state index contributed by atoms with van der Waals surface area (Å²) in [6, 6.07) is 9.01. The van der Waals surface area contributed by atoms with Crippen LogP contribution >= 0.6 is 0 Å². The zero-order chi connectivity index (χ0) is 18.5. The summed E-state index contributed by atoms with van der Waals surface area (Å²) in [4.78, 5) is 41.1. The van der Waals surface area contributed by atoms with Gasteiger partial charge in [-0.1, -0.05) is 0 Å². The molecule has 0 bridgehead atoms. The Hall–Kier alpha value is -3.22. The van der Waals surface area contributed by atoms with Crippen molar-refractivity contribution in [2.75, 3.05) is 23.3 Å². The molecule has 2 aromatic rings. The average molecular weight is 352 g/mol. The summed E-state index contributed by atoms with van der Waals surface area (Å²) in [5.74, 6) is -0.405. The number of hydrogen-bond acceptors (Lipinski definition) is 4. The van der Waals surface area contributed by atoms with E-state index in [-0.39, 0.29) is 24.1 Å². The maximum absolute atomic E-state index is 12.6. The lowest BCUT2D eigenvalue weighted by atomic mass is 10.1. The molecule has 0 radical (unpaired) electrons. The second-order valence-electron chi connectivity index (χ2n) is 6.07. The number of amides is 3. The van der Waals surface area contributed by atoms with Crippen LogP contribution in [0.15, 0.2) is 42.7 Å². The number of fused-ring (bicyclic) bond motifs is 1. The molecule has 0 saturated carbocycles. The van der Waals surface area contributed by atoms with Crippen LogP contribution in [0.4, 0.5) is 11.4 Å². The Labute approximate surface area is 151 Å². The molecule has 1 aromatic carbocycles. The number of aromatic nitrogens is 1. The van der Waals surface area contributed by atoms with Crippen molar-refractivity contribution in [2.45, 2.75) is 19.8 Å². The lowest BCUT2D eigenvalue weighted by Crippen LogP contribution is -2.28. The molecule has 1 aliphatic heterocycles. The summed E-state index contributed by atoms with van der Waals surface area (Å²) in [5.41, 5.74) is 3.11. The van der Waals surface area contributed by atoms with Crippen LogP contribution in [0.2, 0.25) is 0 Å². The van der Waals surface area contributed by atoms with Gasteiger partial charge in [-0.2, -0.15) is 0 Å². The van der Waals surface area contributed by atoms with E-state index in [1.54, 1.807) is 35.5 Å². The van der Waals surface area contributed by atoms with Crippen LogP contribution in [0.1, 0.15) is 29.3 Å². The largest absolute Gasteiger partial charge is 0.356 e. The van der Waals surface area contributed by atoms with E-state index >= 15 is 0 Å². The lowest BCUT2D eigenvalue weighted by molar-refractivity contribution is -0.119. The summed E-state index contributed by atoms with van der Waals surface area (Å²) in [6.07, 6.45) is 4.14. The van der Waals surface area contributed by atoms with Crippen molar-refractivity contribution >= 4 is 29.1 Å². The van der Waals surface area contributed by atoms with E-state index in [2.05, 4.69) is 15.6 Å². The molecule has 3 rings (SSSR count). The van der Waals surface area contributed by atoms with Gasteiger partial charge in [-0.05, 0) is 42.3 Å². The number of nitrogens with one attached hydrogen (secondary N) is 2. The van der Waals surface area contributed by atoms with E-state index < -0.39 is 0 Å². The van der Waals surface area contributed by atoms with Crippen LogP contribution in [0.5, 0.6) is 0 Å². The fraction of sp³-hybridized carbons (Fsp3) is 0.263. The van der Waals surface area contributed by atoms with Gasteiger partial charge in [-0.15, -0.1) is 0 Å². The summed E-state index contributed by atoms with van der Waals surface area (Å²) >= 11 is 0. The quantitative estimate of drug-likeness (QED) is 0.858. The van der Waals surface area contributed by atoms with Gasteiger partial charge < -0.3 is 15.5 Å². The highest BCUT2D eigenvalue weighted by atomic mass is 16.2. The topological polar surface area (TPSA) is 91.4 Å². The first kappa shape index (κ1) is 17.6. The Morgan fingerprint density at radius 3 is 2.81 bits per heavy atom. The summed E-state index contributed by atoms with van der Waals surface area (Å²) in [6.45, 7) is 2.32. The van der Waals surface area contributed by atoms with Crippen molar-refractivity contribution in [1.29, 1.82) is 0 Å². The molecule has 0 saturated heterocycles. The van der Waals surface area contributed by atoms with Gasteiger partial charge in [0.2, 0.25) is 11.8 Å². The molecule has 26 heavy (non-hydrogen) atoms. The third-order valence-electron chi connectivity index (χ3n) is 4.14. The summed E-state index contributed by atoms with van der Waals surface area (Å²) in [5, 5.41) is 5.41. The first-order valence-corrected chi connectivity index (χ1v) is 8.43. The molecule has 2 heterocycles. The van der Waals surface area contributed by atoms with Crippen molar-refractivity contribution in [2.24, 2.45) is 0 Å². The molecule has 0 aliphatic carbocycles. The van der Waals surface area contributed by atoms with Crippen molar-refractivity contribution in [3.63, 3.8) is 0 Å². The Balaban J connectivity index is 1.66. The number of carbonyl (C=O) groups is 3. The standard InChI is InChI=1S/C19H20N4O3/c1-13(24)21-9-6-18(25)22-16-4-5-17-14(11-16)7-10-23(17)19(26)15-3-2-8-20-12-15/h2-5,8,11-12H,6-7,9-10H2,1H3,(H,21,24)(H,22,25). The average Bonchev–Trinajstić information content (AvgIpc) is 3.04. The molecular weight excluding hydrogens is 332 g/mol. The first-order chi connectivity index (χ1) is 12.5. The molecule has 1 aromatic heterocycles. The normalized spacial score (nSPS) is 12.4. The number of nitrogens with zero attached hydrogens (tertiary/aromatic N) is 2. The van der Waals surface area contributed by atoms with Crippen molar-refractivity contribution in [3.05, 3.63) is 53.9 Å². The minimum atomic E-state index is -0.167. The molecule has 0 atom stereocenters. The van der Waals surface area contributed by atoms with E-state index in [0.717, 1.165) is 17.7 Å². The highest BCUT2D eigenvalue weighted by molar-refractivity contribution is 6.07. The van der Waals surface area contributed by atoms with Gasteiger partial charge in [0.25, 0.3) is 5.91 Å². The third kappa shape index (κ3) is 4.05. The van der Waals surface area contributed by atoms with Crippen LogP contribution in [0, 0.1) is 0 Å². The Kier molecular flexibility index (Phi) is 5.26.